The summed E-state index contributed by atoms with van der Waals surface area (Å²) < 4.78 is 23.5. The Balaban J connectivity index is 0.00000245. The average molecular weight is 725 g/mol. The van der Waals surface area contributed by atoms with Gasteiger partial charge in [0.1, 0.15) is 11.6 Å². The summed E-state index contributed by atoms with van der Waals surface area (Å²) in [5.74, 6) is -1.16. The summed E-state index contributed by atoms with van der Waals surface area (Å²) in [5, 5.41) is 27.1. The molecule has 0 spiro atoms. The largest absolute Gasteiger partial charge is 0.483 e. The van der Waals surface area contributed by atoms with Crippen LogP contribution in [0.2, 0.25) is 5.02 Å². The molecular weight excluding hydrogens is 686 g/mol. The zero-order valence-electron chi connectivity index (χ0n) is 26.3. The van der Waals surface area contributed by atoms with Crippen molar-refractivity contribution in [3.63, 3.8) is 0 Å². The molecule has 3 aromatic rings. The van der Waals surface area contributed by atoms with E-state index in [1.165, 1.54) is 0 Å². The number of hydrogen-bond donors (Lipinski definition) is 5. The Morgan fingerprint density at radius 2 is 2.00 bits per heavy atom. The summed E-state index contributed by atoms with van der Waals surface area (Å²) in [5.41, 5.74) is 2.19. The number of aromatic carboxylic acids is 1. The molecule has 3 heterocycles. The smallest absolute Gasteiger partial charge is 0.349 e. The van der Waals surface area contributed by atoms with Gasteiger partial charge in [-0.1, -0.05) is 47.8 Å². The van der Waals surface area contributed by atoms with Crippen LogP contribution in [0.15, 0.2) is 36.4 Å². The fourth-order valence-electron chi connectivity index (χ4n) is 5.40. The molecule has 0 aliphatic carbocycles. The second-order valence-corrected chi connectivity index (χ2v) is 14.6. The number of carboxylic acids is 1. The number of carbonyl (C=O) groups excluding carboxylic acids is 2. The average Bonchev–Trinajstić information content (AvgIpc) is 3.33. The molecule has 15 heteroatoms. The van der Waals surface area contributed by atoms with Crippen molar-refractivity contribution in [2.45, 2.75) is 44.0 Å². The minimum atomic E-state index is -1.27. The number of carboxylic acid groups (broad SMARTS) is 1. The van der Waals surface area contributed by atoms with Crippen molar-refractivity contribution in [3.8, 4) is 16.2 Å². The molecule has 2 fully saturated rings. The summed E-state index contributed by atoms with van der Waals surface area (Å²) in [6.07, 6.45) is 2.04. The van der Waals surface area contributed by atoms with E-state index < -0.39 is 11.8 Å². The Morgan fingerprint density at radius 1 is 1.26 bits per heavy atom. The molecular formula is C32H39ClFN4O6PS2. The molecule has 2 aliphatic heterocycles. The molecule has 2 atom stereocenters. The van der Waals surface area contributed by atoms with Crippen molar-refractivity contribution in [2.24, 2.45) is 5.92 Å². The van der Waals surface area contributed by atoms with Crippen LogP contribution >= 0.6 is 44.1 Å². The molecule has 0 bridgehead atoms. The molecule has 254 valence electrons. The number of aldehydes is 1. The summed E-state index contributed by atoms with van der Waals surface area (Å²) >= 11 is 8.99. The van der Waals surface area contributed by atoms with E-state index in [-0.39, 0.29) is 56.1 Å². The lowest BCUT2D eigenvalue weighted by molar-refractivity contribution is -0.121. The predicted octanol–water partition coefficient (Wildman–Crippen LogP) is 5.25. The van der Waals surface area contributed by atoms with Crippen molar-refractivity contribution in [1.29, 1.82) is 0 Å². The van der Waals surface area contributed by atoms with E-state index in [9.17, 15) is 19.5 Å². The highest BCUT2D eigenvalue weighted by atomic mass is 35.5. The lowest BCUT2D eigenvalue weighted by Crippen LogP contribution is -2.49. The van der Waals surface area contributed by atoms with Crippen molar-refractivity contribution in [1.82, 2.24) is 9.62 Å². The van der Waals surface area contributed by atoms with Crippen LogP contribution in [0.5, 0.6) is 5.75 Å². The van der Waals surface area contributed by atoms with Gasteiger partial charge in [0.25, 0.3) is 0 Å². The van der Waals surface area contributed by atoms with Crippen molar-refractivity contribution in [2.75, 3.05) is 44.0 Å². The number of ether oxygens (including phenoxy) is 1. The third-order valence-electron chi connectivity index (χ3n) is 7.92. The topological polar surface area (TPSA) is 140 Å². The summed E-state index contributed by atoms with van der Waals surface area (Å²) in [6, 6.07) is 11.0. The monoisotopic (exact) mass is 724 g/mol. The van der Waals surface area contributed by atoms with Gasteiger partial charge in [-0.3, -0.25) is 9.59 Å². The third kappa shape index (κ3) is 8.83. The maximum absolute atomic E-state index is 15.9. The zero-order chi connectivity index (χ0) is 34.3. The molecule has 0 radical (unpaired) electrons. The normalized spacial score (nSPS) is 17.6. The van der Waals surface area contributed by atoms with Gasteiger partial charge in [-0.2, -0.15) is 0 Å². The van der Waals surface area contributed by atoms with Gasteiger partial charge in [0, 0.05) is 55.3 Å². The molecule has 0 saturated carbocycles. The van der Waals surface area contributed by atoms with Gasteiger partial charge >= 0.3 is 5.97 Å². The highest BCUT2D eigenvalue weighted by molar-refractivity contribution is 7.96. The molecule has 1 amide bonds. The van der Waals surface area contributed by atoms with Gasteiger partial charge in [0.05, 0.1) is 16.5 Å². The predicted molar refractivity (Wildman–Crippen MR) is 191 cm³/mol. The van der Waals surface area contributed by atoms with Crippen LogP contribution in [-0.2, 0) is 15.3 Å². The first-order chi connectivity index (χ1) is 22.5. The standard InChI is InChI=1S/C31H35ClFN4O5PS2.CH4O/c1-31(2)13-19(8-9-37(31)44-16-17-6-7-23(43)22(12-17)36-29(39)18-14-34-15-18)35-21-5-3-4-20(25(21)33)27-24(32)26(42-11-10-38)28(45-27)30(40)41;1-2/h3-7,10,12,18-19,34-35H,8-9,11,13-16,43H2,1-2H3,(H,36,39)(H,40,41);2H,1H3. The van der Waals surface area contributed by atoms with Crippen molar-refractivity contribution >= 4 is 79.0 Å². The van der Waals surface area contributed by atoms with Gasteiger partial charge in [-0.05, 0) is 49.7 Å². The van der Waals surface area contributed by atoms with Gasteiger partial charge in [0.2, 0.25) is 5.91 Å². The number of aliphatic hydroxyl groups is 1. The summed E-state index contributed by atoms with van der Waals surface area (Å²) in [6.45, 7) is 6.18. The van der Waals surface area contributed by atoms with E-state index in [2.05, 4.69) is 49.4 Å². The molecule has 10 nitrogen and oxygen atoms in total. The van der Waals surface area contributed by atoms with Crippen LogP contribution < -0.4 is 26.0 Å². The first-order valence-corrected chi connectivity index (χ1v) is 17.6. The Hall–Kier alpha value is -2.77. The molecule has 5 N–H and O–H groups in total. The quantitative estimate of drug-likeness (QED) is 0.0956. The number of nitrogens with zero attached hydrogens (tertiary/aromatic N) is 1. The molecule has 47 heavy (non-hydrogen) atoms. The van der Waals surface area contributed by atoms with E-state index in [1.807, 2.05) is 12.1 Å². The molecule has 5 rings (SSSR count). The van der Waals surface area contributed by atoms with Crippen LogP contribution in [0, 0.1) is 11.7 Å². The van der Waals surface area contributed by atoms with Crippen molar-refractivity contribution < 1.29 is 33.7 Å². The van der Waals surface area contributed by atoms with E-state index in [0.717, 1.165) is 60.1 Å². The minimum Gasteiger partial charge on any atom is -0.483 e. The second kappa shape index (κ2) is 16.6. The first-order valence-electron chi connectivity index (χ1n) is 14.9. The Kier molecular flexibility index (Phi) is 13.1. The Labute approximate surface area is 289 Å². The number of nitrogens with one attached hydrogen (secondary N) is 3. The second-order valence-electron chi connectivity index (χ2n) is 11.6. The van der Waals surface area contributed by atoms with Gasteiger partial charge in [0.15, 0.2) is 22.7 Å². The number of halogens is 2. The number of thiophene rings is 1. The molecule has 2 aromatic carbocycles. The number of piperidine rings is 1. The summed E-state index contributed by atoms with van der Waals surface area (Å²) in [7, 11) is 3.68. The Bertz CT molecular complexity index is 1610. The van der Waals surface area contributed by atoms with Crippen LogP contribution in [-0.4, -0.2) is 77.6 Å². The van der Waals surface area contributed by atoms with E-state index in [0.29, 0.717) is 25.1 Å². The fourth-order valence-corrected chi connectivity index (χ4v) is 8.22. The van der Waals surface area contributed by atoms with Gasteiger partial charge in [-0.25, -0.2) is 13.5 Å². The molecule has 2 unspecified atom stereocenters. The zero-order valence-corrected chi connectivity index (χ0v) is 29.8. The van der Waals surface area contributed by atoms with Crippen LogP contribution in [0.25, 0.3) is 10.4 Å². The third-order valence-corrected chi connectivity index (χ3v) is 11.5. The highest BCUT2D eigenvalue weighted by Crippen LogP contribution is 2.47. The van der Waals surface area contributed by atoms with E-state index in [1.54, 1.807) is 30.1 Å². The lowest BCUT2D eigenvalue weighted by atomic mass is 9.89. The first kappa shape index (κ1) is 37.1. The minimum absolute atomic E-state index is 0.000633. The van der Waals surface area contributed by atoms with Crippen LogP contribution in [0.1, 0.15) is 41.9 Å². The van der Waals surface area contributed by atoms with E-state index in [4.69, 9.17) is 21.4 Å². The van der Waals surface area contributed by atoms with E-state index >= 15 is 4.39 Å². The van der Waals surface area contributed by atoms with Crippen LogP contribution in [0.4, 0.5) is 15.8 Å². The number of aliphatic hydroxyl groups excluding tert-OH is 1. The highest BCUT2D eigenvalue weighted by Gasteiger charge is 2.36. The SMILES string of the molecule is CC1(C)CC(Nc2cccc(-c3sc(C(=O)O)c(OCC=O)c3Cl)c2F)CCN1SCc1ccc(P)c(NC(=O)C2CNC2)c1.CO. The lowest BCUT2D eigenvalue weighted by Gasteiger charge is -2.45. The fraction of sp³-hybridized carbons (Fsp3) is 0.406. The van der Waals surface area contributed by atoms with Gasteiger partial charge in [-0.15, -0.1) is 20.6 Å². The van der Waals surface area contributed by atoms with Gasteiger partial charge < -0.3 is 30.9 Å². The number of carbonyl (C=O) groups is 3. The summed E-state index contributed by atoms with van der Waals surface area (Å²) in [4.78, 5) is 35.0. The molecule has 1 aromatic heterocycles. The maximum atomic E-state index is 15.9. The number of anilines is 2. The maximum Gasteiger partial charge on any atom is 0.349 e. The molecule has 2 aliphatic rings. The van der Waals surface area contributed by atoms with Crippen molar-refractivity contribution in [3.05, 3.63) is 57.7 Å². The number of rotatable bonds is 12. The van der Waals surface area contributed by atoms with Crippen LogP contribution in [0.3, 0.4) is 0 Å². The Morgan fingerprint density at radius 3 is 2.64 bits per heavy atom. The number of hydrogen-bond acceptors (Lipinski definition) is 10. The number of benzene rings is 2. The number of amides is 1. The molecule has 2 saturated heterocycles.